The van der Waals surface area contributed by atoms with Gasteiger partial charge in [-0.25, -0.2) is 4.39 Å². The van der Waals surface area contributed by atoms with Gasteiger partial charge in [-0.3, -0.25) is 9.59 Å². The van der Waals surface area contributed by atoms with Gasteiger partial charge in [0.15, 0.2) is 5.78 Å². The summed E-state index contributed by atoms with van der Waals surface area (Å²) in [7, 11) is 0. The Kier molecular flexibility index (Phi) is 5.98. The number of ether oxygens (including phenoxy) is 1. The molecule has 1 aliphatic carbocycles. The summed E-state index contributed by atoms with van der Waals surface area (Å²) in [5.74, 6) is -2.75. The van der Waals surface area contributed by atoms with Crippen LogP contribution in [0.25, 0.3) is 5.57 Å². The van der Waals surface area contributed by atoms with E-state index in [0.29, 0.717) is 33.2 Å². The first kappa shape index (κ1) is 19.6. The van der Waals surface area contributed by atoms with Crippen molar-refractivity contribution in [1.82, 2.24) is 0 Å². The van der Waals surface area contributed by atoms with E-state index >= 15 is 0 Å². The zero-order valence-electron chi connectivity index (χ0n) is 14.5. The Balaban J connectivity index is 2.05. The molecule has 0 saturated carbocycles. The smallest absolute Gasteiger partial charge is 0.317 e. The average molecular weight is 407 g/mol. The lowest BCUT2D eigenvalue weighted by molar-refractivity contribution is -0.151. The lowest BCUT2D eigenvalue weighted by atomic mass is 9.73. The fraction of sp³-hybridized carbons (Fsp3) is 0.238. The first-order valence-corrected chi connectivity index (χ1v) is 9.28. The number of carbonyl (C=O) groups is 2. The first-order valence-electron chi connectivity index (χ1n) is 8.52. The SMILES string of the molecule is CCOC(=O)[C@H]1C(=O)C=C(c2ccc(Cl)cc2Cl)C[C@@H]1c1ccc(F)cc1. The molecule has 0 saturated heterocycles. The fourth-order valence-electron chi connectivity index (χ4n) is 3.34. The van der Waals surface area contributed by atoms with E-state index in [9.17, 15) is 14.0 Å². The van der Waals surface area contributed by atoms with Crippen molar-refractivity contribution in [3.8, 4) is 0 Å². The van der Waals surface area contributed by atoms with Crippen LogP contribution in [0.4, 0.5) is 4.39 Å². The molecule has 3 nitrogen and oxygen atoms in total. The van der Waals surface area contributed by atoms with Crippen molar-refractivity contribution in [2.45, 2.75) is 19.3 Å². The van der Waals surface area contributed by atoms with Crippen LogP contribution in [0.2, 0.25) is 10.0 Å². The van der Waals surface area contributed by atoms with Crippen LogP contribution in [0.1, 0.15) is 30.4 Å². The maximum Gasteiger partial charge on any atom is 0.317 e. The van der Waals surface area contributed by atoms with Gasteiger partial charge in [0, 0.05) is 16.0 Å². The molecule has 0 radical (unpaired) electrons. The van der Waals surface area contributed by atoms with Gasteiger partial charge in [-0.05, 0) is 60.4 Å². The first-order chi connectivity index (χ1) is 12.9. The standard InChI is InChI=1S/C21H17Cl2FO3/c1-2-27-21(26)20-17(12-3-6-15(24)7-4-12)9-13(10-19(20)25)16-8-5-14(22)11-18(16)23/h3-8,10-11,17,20H,2,9H2,1H3/t17-,20-/m1/s1. The third-order valence-electron chi connectivity index (χ3n) is 4.58. The van der Waals surface area contributed by atoms with Crippen LogP contribution in [0.15, 0.2) is 48.5 Å². The summed E-state index contributed by atoms with van der Waals surface area (Å²) < 4.78 is 18.4. The summed E-state index contributed by atoms with van der Waals surface area (Å²) in [5, 5.41) is 0.917. The van der Waals surface area contributed by atoms with Gasteiger partial charge in [-0.1, -0.05) is 41.4 Å². The molecule has 2 aromatic rings. The maximum absolute atomic E-state index is 13.3. The van der Waals surface area contributed by atoms with Gasteiger partial charge in [0.1, 0.15) is 11.7 Å². The number of hydrogen-bond donors (Lipinski definition) is 0. The van der Waals surface area contributed by atoms with Crippen molar-refractivity contribution >= 4 is 40.5 Å². The Morgan fingerprint density at radius 2 is 1.89 bits per heavy atom. The van der Waals surface area contributed by atoms with Crippen LogP contribution in [0, 0.1) is 11.7 Å². The van der Waals surface area contributed by atoms with Gasteiger partial charge in [0.25, 0.3) is 0 Å². The predicted octanol–water partition coefficient (Wildman–Crippen LogP) is 5.45. The molecule has 1 aliphatic rings. The quantitative estimate of drug-likeness (QED) is 0.500. The molecular formula is C21H17Cl2FO3. The Morgan fingerprint density at radius 1 is 1.19 bits per heavy atom. The van der Waals surface area contributed by atoms with Crippen molar-refractivity contribution in [3.63, 3.8) is 0 Å². The number of allylic oxidation sites excluding steroid dienone is 2. The molecule has 0 N–H and O–H groups in total. The summed E-state index contributed by atoms with van der Waals surface area (Å²) in [6.45, 7) is 1.87. The Morgan fingerprint density at radius 3 is 2.52 bits per heavy atom. The third kappa shape index (κ3) is 4.23. The highest BCUT2D eigenvalue weighted by molar-refractivity contribution is 6.35. The molecule has 0 aromatic heterocycles. The molecule has 140 valence electrons. The summed E-state index contributed by atoms with van der Waals surface area (Å²) in [4.78, 5) is 25.2. The second-order valence-corrected chi connectivity index (χ2v) is 7.13. The molecule has 0 aliphatic heterocycles. The van der Waals surface area contributed by atoms with Crippen LogP contribution in [0.5, 0.6) is 0 Å². The molecule has 27 heavy (non-hydrogen) atoms. The van der Waals surface area contributed by atoms with Crippen LogP contribution < -0.4 is 0 Å². The number of halogens is 3. The van der Waals surface area contributed by atoms with Crippen LogP contribution in [-0.4, -0.2) is 18.4 Å². The zero-order valence-corrected chi connectivity index (χ0v) is 16.1. The largest absolute Gasteiger partial charge is 0.465 e. The number of esters is 1. The van der Waals surface area contributed by atoms with Gasteiger partial charge < -0.3 is 4.74 Å². The second-order valence-electron chi connectivity index (χ2n) is 6.29. The van der Waals surface area contributed by atoms with Gasteiger partial charge in [-0.15, -0.1) is 0 Å². The molecule has 2 atom stereocenters. The molecule has 3 rings (SSSR count). The van der Waals surface area contributed by atoms with Gasteiger partial charge in [0.05, 0.1) is 6.61 Å². The highest BCUT2D eigenvalue weighted by Gasteiger charge is 2.40. The number of benzene rings is 2. The molecule has 0 heterocycles. The van der Waals surface area contributed by atoms with Gasteiger partial charge >= 0.3 is 5.97 Å². The van der Waals surface area contributed by atoms with E-state index in [1.165, 1.54) is 18.2 Å². The van der Waals surface area contributed by atoms with E-state index in [1.807, 2.05) is 0 Å². The highest BCUT2D eigenvalue weighted by atomic mass is 35.5. The van der Waals surface area contributed by atoms with E-state index in [-0.39, 0.29) is 18.2 Å². The minimum Gasteiger partial charge on any atom is -0.465 e. The number of rotatable bonds is 4. The van der Waals surface area contributed by atoms with E-state index in [1.54, 1.807) is 37.3 Å². The molecule has 0 bridgehead atoms. The van der Waals surface area contributed by atoms with E-state index in [0.717, 1.165) is 0 Å². The van der Waals surface area contributed by atoms with Gasteiger partial charge in [0.2, 0.25) is 0 Å². The number of hydrogen-bond acceptors (Lipinski definition) is 3. The number of carbonyl (C=O) groups excluding carboxylic acids is 2. The lowest BCUT2D eigenvalue weighted by Crippen LogP contribution is -2.34. The Hall–Kier alpha value is -2.17. The number of ketones is 1. The molecule has 0 amide bonds. The van der Waals surface area contributed by atoms with Crippen LogP contribution >= 0.6 is 23.2 Å². The van der Waals surface area contributed by atoms with Crippen molar-refractivity contribution in [2.24, 2.45) is 5.92 Å². The Bertz CT molecular complexity index is 906. The summed E-state index contributed by atoms with van der Waals surface area (Å²) >= 11 is 12.3. The molecule has 0 unspecified atom stereocenters. The maximum atomic E-state index is 13.3. The molecule has 2 aromatic carbocycles. The summed E-state index contributed by atoms with van der Waals surface area (Å²) in [5.41, 5.74) is 2.08. The predicted molar refractivity (Wildman–Crippen MR) is 103 cm³/mol. The second kappa shape index (κ2) is 8.24. The van der Waals surface area contributed by atoms with Crippen molar-refractivity contribution in [3.05, 3.63) is 75.5 Å². The van der Waals surface area contributed by atoms with E-state index < -0.39 is 17.8 Å². The van der Waals surface area contributed by atoms with Gasteiger partial charge in [-0.2, -0.15) is 0 Å². The molecular weight excluding hydrogens is 390 g/mol. The minimum absolute atomic E-state index is 0.179. The average Bonchev–Trinajstić information content (AvgIpc) is 2.61. The highest BCUT2D eigenvalue weighted by Crippen LogP contribution is 2.42. The monoisotopic (exact) mass is 406 g/mol. The summed E-state index contributed by atoms with van der Waals surface area (Å²) in [6.07, 6.45) is 1.83. The molecule has 0 fully saturated rings. The van der Waals surface area contributed by atoms with Crippen LogP contribution in [0.3, 0.4) is 0 Å². The summed E-state index contributed by atoms with van der Waals surface area (Å²) in [6, 6.07) is 10.9. The third-order valence-corrected chi connectivity index (χ3v) is 5.13. The van der Waals surface area contributed by atoms with Crippen LogP contribution in [-0.2, 0) is 14.3 Å². The zero-order chi connectivity index (χ0) is 19.6. The fourth-order valence-corrected chi connectivity index (χ4v) is 3.87. The molecule has 6 heteroatoms. The minimum atomic E-state index is -0.967. The van der Waals surface area contributed by atoms with Crippen molar-refractivity contribution < 1.29 is 18.7 Å². The van der Waals surface area contributed by atoms with E-state index in [4.69, 9.17) is 27.9 Å². The lowest BCUT2D eigenvalue weighted by Gasteiger charge is -2.29. The normalized spacial score (nSPS) is 19.6. The Labute approximate surface area is 166 Å². The van der Waals surface area contributed by atoms with Crippen molar-refractivity contribution in [1.29, 1.82) is 0 Å². The topological polar surface area (TPSA) is 43.4 Å². The van der Waals surface area contributed by atoms with E-state index in [2.05, 4.69) is 0 Å². The molecule has 0 spiro atoms. The van der Waals surface area contributed by atoms with Crippen molar-refractivity contribution in [2.75, 3.05) is 6.61 Å².